The van der Waals surface area contributed by atoms with Crippen LogP contribution in [0.1, 0.15) is 32.8 Å². The smallest absolute Gasteiger partial charge is 0.212 e. The number of aliphatic imine (C=N–C) groups is 1. The lowest BCUT2D eigenvalue weighted by atomic mass is 9.98. The molecule has 0 aromatic heterocycles. The summed E-state index contributed by atoms with van der Waals surface area (Å²) < 4.78 is 0. The van der Waals surface area contributed by atoms with Crippen molar-refractivity contribution in [2.75, 3.05) is 4.90 Å². The summed E-state index contributed by atoms with van der Waals surface area (Å²) in [6, 6.07) is 9.10. The van der Waals surface area contributed by atoms with Gasteiger partial charge < -0.3 is 10.6 Å². The highest BCUT2D eigenvalue weighted by molar-refractivity contribution is 5.96. The molecule has 0 aliphatic rings. The molecule has 0 fully saturated rings. The summed E-state index contributed by atoms with van der Waals surface area (Å²) in [6.45, 7) is 6.08. The van der Waals surface area contributed by atoms with E-state index in [0.29, 0.717) is 5.56 Å². The maximum absolute atomic E-state index is 8.81. The standard InChI is InChI=1S/C14H17N5/c1-4-14(2,3)19(13(17)18-10-16)12-7-5-11(9-15)6-8-12/h5-8H,4H2,1-3H3,(H2,17,18). The van der Waals surface area contributed by atoms with E-state index in [2.05, 4.69) is 11.1 Å². The molecule has 19 heavy (non-hydrogen) atoms. The van der Waals surface area contributed by atoms with Crippen molar-refractivity contribution in [3.63, 3.8) is 0 Å². The second kappa shape index (κ2) is 5.88. The van der Waals surface area contributed by atoms with Crippen molar-refractivity contribution in [3.05, 3.63) is 29.8 Å². The molecule has 98 valence electrons. The topological polar surface area (TPSA) is 89.2 Å². The third kappa shape index (κ3) is 3.23. The summed E-state index contributed by atoms with van der Waals surface area (Å²) in [5.74, 6) is 0.152. The van der Waals surface area contributed by atoms with E-state index in [-0.39, 0.29) is 11.5 Å². The molecule has 0 saturated carbocycles. The number of nitriles is 2. The van der Waals surface area contributed by atoms with Crippen LogP contribution in [0.4, 0.5) is 5.69 Å². The number of anilines is 1. The first kappa shape index (κ1) is 14.5. The summed E-state index contributed by atoms with van der Waals surface area (Å²) in [5, 5.41) is 17.5. The number of hydrogen-bond donors (Lipinski definition) is 1. The molecule has 0 unspecified atom stereocenters. The maximum Gasteiger partial charge on any atom is 0.212 e. The van der Waals surface area contributed by atoms with Gasteiger partial charge in [0.05, 0.1) is 11.6 Å². The Bertz CT molecular complexity index is 543. The van der Waals surface area contributed by atoms with Crippen LogP contribution < -0.4 is 10.6 Å². The van der Waals surface area contributed by atoms with Crippen LogP contribution in [0.3, 0.4) is 0 Å². The van der Waals surface area contributed by atoms with Crippen LogP contribution in [0.2, 0.25) is 0 Å². The molecular weight excluding hydrogens is 238 g/mol. The monoisotopic (exact) mass is 255 g/mol. The number of nitrogens with two attached hydrogens (primary N) is 1. The average Bonchev–Trinajstić information content (AvgIpc) is 2.40. The molecule has 1 rings (SSSR count). The Morgan fingerprint density at radius 2 is 1.89 bits per heavy atom. The minimum atomic E-state index is -0.279. The molecule has 1 aromatic rings. The number of nitrogens with zero attached hydrogens (tertiary/aromatic N) is 4. The van der Waals surface area contributed by atoms with E-state index in [0.717, 1.165) is 12.1 Å². The summed E-state index contributed by atoms with van der Waals surface area (Å²) in [5.41, 5.74) is 6.99. The van der Waals surface area contributed by atoms with Crippen molar-refractivity contribution < 1.29 is 0 Å². The van der Waals surface area contributed by atoms with Crippen LogP contribution >= 0.6 is 0 Å². The largest absolute Gasteiger partial charge is 0.369 e. The average molecular weight is 255 g/mol. The van der Waals surface area contributed by atoms with Crippen LogP contribution in [0.15, 0.2) is 29.3 Å². The van der Waals surface area contributed by atoms with Crippen LogP contribution in [-0.4, -0.2) is 11.5 Å². The molecule has 0 heterocycles. The molecule has 0 spiro atoms. The summed E-state index contributed by atoms with van der Waals surface area (Å²) in [7, 11) is 0. The number of rotatable bonds is 3. The van der Waals surface area contributed by atoms with Gasteiger partial charge in [-0.05, 0) is 44.5 Å². The minimum Gasteiger partial charge on any atom is -0.369 e. The first-order valence-electron chi connectivity index (χ1n) is 5.99. The number of guanidine groups is 1. The highest BCUT2D eigenvalue weighted by Crippen LogP contribution is 2.26. The first-order chi connectivity index (χ1) is 8.96. The van der Waals surface area contributed by atoms with E-state index in [9.17, 15) is 0 Å². The van der Waals surface area contributed by atoms with Crippen molar-refractivity contribution in [2.45, 2.75) is 32.7 Å². The summed E-state index contributed by atoms with van der Waals surface area (Å²) in [4.78, 5) is 5.42. The molecule has 0 atom stereocenters. The lowest BCUT2D eigenvalue weighted by Gasteiger charge is -2.38. The van der Waals surface area contributed by atoms with Gasteiger partial charge in [-0.1, -0.05) is 6.92 Å². The quantitative estimate of drug-likeness (QED) is 0.510. The Labute approximate surface area is 113 Å². The second-order valence-corrected chi connectivity index (χ2v) is 4.73. The Morgan fingerprint density at radius 3 is 2.32 bits per heavy atom. The van der Waals surface area contributed by atoms with Gasteiger partial charge >= 0.3 is 0 Å². The molecule has 5 nitrogen and oxygen atoms in total. The van der Waals surface area contributed by atoms with Gasteiger partial charge in [0, 0.05) is 11.2 Å². The Kier molecular flexibility index (Phi) is 4.50. The van der Waals surface area contributed by atoms with Crippen LogP contribution in [-0.2, 0) is 0 Å². The van der Waals surface area contributed by atoms with Crippen LogP contribution in [0.25, 0.3) is 0 Å². The molecule has 0 saturated heterocycles. The molecular formula is C14H17N5. The molecule has 5 heteroatoms. The highest BCUT2D eigenvalue weighted by atomic mass is 15.3. The fourth-order valence-electron chi connectivity index (χ4n) is 1.74. The fourth-order valence-corrected chi connectivity index (χ4v) is 1.74. The van der Waals surface area contributed by atoms with E-state index < -0.39 is 0 Å². The zero-order chi connectivity index (χ0) is 14.5. The molecule has 0 aliphatic carbocycles. The zero-order valence-electron chi connectivity index (χ0n) is 11.4. The van der Waals surface area contributed by atoms with Gasteiger partial charge in [0.1, 0.15) is 0 Å². The molecule has 0 radical (unpaired) electrons. The summed E-state index contributed by atoms with van der Waals surface area (Å²) in [6.07, 6.45) is 2.53. The van der Waals surface area contributed by atoms with Gasteiger partial charge in [-0.3, -0.25) is 0 Å². The van der Waals surface area contributed by atoms with E-state index in [1.807, 2.05) is 20.8 Å². The van der Waals surface area contributed by atoms with E-state index >= 15 is 0 Å². The predicted molar refractivity (Wildman–Crippen MR) is 75.2 cm³/mol. The second-order valence-electron chi connectivity index (χ2n) is 4.73. The normalized spacial score (nSPS) is 11.5. The van der Waals surface area contributed by atoms with Crippen molar-refractivity contribution in [3.8, 4) is 12.3 Å². The number of benzene rings is 1. The lowest BCUT2D eigenvalue weighted by Crippen LogP contribution is -2.51. The summed E-state index contributed by atoms with van der Waals surface area (Å²) >= 11 is 0. The zero-order valence-corrected chi connectivity index (χ0v) is 11.4. The SMILES string of the molecule is CCC(C)(C)N(C(N)=NC#N)c1ccc(C#N)cc1. The highest BCUT2D eigenvalue weighted by Gasteiger charge is 2.28. The maximum atomic E-state index is 8.81. The van der Waals surface area contributed by atoms with Gasteiger partial charge in [0.15, 0.2) is 0 Å². The van der Waals surface area contributed by atoms with Crippen molar-refractivity contribution in [1.29, 1.82) is 10.5 Å². The molecule has 0 aliphatic heterocycles. The van der Waals surface area contributed by atoms with Gasteiger partial charge in [0.25, 0.3) is 0 Å². The Balaban J connectivity index is 3.28. The van der Waals surface area contributed by atoms with E-state index in [1.165, 1.54) is 0 Å². The lowest BCUT2D eigenvalue weighted by molar-refractivity contribution is 0.495. The van der Waals surface area contributed by atoms with Crippen LogP contribution in [0.5, 0.6) is 0 Å². The molecule has 0 bridgehead atoms. The van der Waals surface area contributed by atoms with Crippen molar-refractivity contribution >= 4 is 11.6 Å². The Hall–Kier alpha value is -2.53. The molecule has 0 amide bonds. The van der Waals surface area contributed by atoms with Crippen LogP contribution in [0, 0.1) is 22.8 Å². The van der Waals surface area contributed by atoms with E-state index in [1.54, 1.807) is 35.4 Å². The predicted octanol–water partition coefficient (Wildman–Crippen LogP) is 2.35. The van der Waals surface area contributed by atoms with Crippen molar-refractivity contribution in [1.82, 2.24) is 0 Å². The fraction of sp³-hybridized carbons (Fsp3) is 0.357. The van der Waals surface area contributed by atoms with Crippen molar-refractivity contribution in [2.24, 2.45) is 10.7 Å². The van der Waals surface area contributed by atoms with Gasteiger partial charge in [-0.2, -0.15) is 10.5 Å². The van der Waals surface area contributed by atoms with E-state index in [4.69, 9.17) is 16.3 Å². The minimum absolute atomic E-state index is 0.152. The van der Waals surface area contributed by atoms with Gasteiger partial charge in [-0.25, -0.2) is 0 Å². The molecule has 2 N–H and O–H groups in total. The molecule has 1 aromatic carbocycles. The third-order valence-corrected chi connectivity index (χ3v) is 3.12. The Morgan fingerprint density at radius 1 is 1.32 bits per heavy atom. The third-order valence-electron chi connectivity index (χ3n) is 3.12. The van der Waals surface area contributed by atoms with Gasteiger partial charge in [-0.15, -0.1) is 4.99 Å². The van der Waals surface area contributed by atoms with Gasteiger partial charge in [0.2, 0.25) is 12.2 Å². The number of hydrogen-bond acceptors (Lipinski definition) is 3. The first-order valence-corrected chi connectivity index (χ1v) is 5.99.